The van der Waals surface area contributed by atoms with Crippen molar-refractivity contribution in [2.75, 3.05) is 20.1 Å². The van der Waals surface area contributed by atoms with Crippen LogP contribution in [-0.4, -0.2) is 49.3 Å². The van der Waals surface area contributed by atoms with E-state index in [1.807, 2.05) is 7.05 Å². The molecule has 1 N–H and O–H groups in total. The molecule has 0 radical (unpaired) electrons. The standard InChI is InChI=1S/C11H21ClN4O2S/c1-5-9(2)15(3)7-6-14-19(17,18)11-10(12)8-13-16(11)4/h8-9,14H,5-7H2,1-4H3/t9-/m0/s1. The van der Waals surface area contributed by atoms with Crippen molar-refractivity contribution in [3.8, 4) is 0 Å². The minimum Gasteiger partial charge on any atom is -0.302 e. The molecule has 1 rings (SSSR count). The first-order chi connectivity index (χ1) is 8.79. The summed E-state index contributed by atoms with van der Waals surface area (Å²) in [5.74, 6) is 0. The van der Waals surface area contributed by atoms with Gasteiger partial charge in [0, 0.05) is 26.2 Å². The van der Waals surface area contributed by atoms with E-state index in [9.17, 15) is 8.42 Å². The molecule has 8 heteroatoms. The fraction of sp³-hybridized carbons (Fsp3) is 0.727. The van der Waals surface area contributed by atoms with Gasteiger partial charge in [0.2, 0.25) is 0 Å². The van der Waals surface area contributed by atoms with Crippen LogP contribution in [0, 0.1) is 0 Å². The first-order valence-corrected chi connectivity index (χ1v) is 8.03. The van der Waals surface area contributed by atoms with Crippen LogP contribution in [0.2, 0.25) is 5.02 Å². The van der Waals surface area contributed by atoms with Crippen molar-refractivity contribution in [1.29, 1.82) is 0 Å². The highest BCUT2D eigenvalue weighted by atomic mass is 35.5. The summed E-state index contributed by atoms with van der Waals surface area (Å²) >= 11 is 5.83. The van der Waals surface area contributed by atoms with E-state index in [-0.39, 0.29) is 10.0 Å². The molecule has 1 aromatic rings. The predicted molar refractivity (Wildman–Crippen MR) is 75.8 cm³/mol. The minimum atomic E-state index is -3.61. The van der Waals surface area contributed by atoms with Crippen molar-refractivity contribution >= 4 is 21.6 Å². The van der Waals surface area contributed by atoms with Crippen molar-refractivity contribution in [1.82, 2.24) is 19.4 Å². The highest BCUT2D eigenvalue weighted by Crippen LogP contribution is 2.19. The number of nitrogens with one attached hydrogen (secondary N) is 1. The lowest BCUT2D eigenvalue weighted by atomic mass is 10.2. The number of aromatic nitrogens is 2. The van der Waals surface area contributed by atoms with Crippen LogP contribution >= 0.6 is 11.6 Å². The van der Waals surface area contributed by atoms with Gasteiger partial charge in [-0.2, -0.15) is 5.10 Å². The van der Waals surface area contributed by atoms with E-state index < -0.39 is 10.0 Å². The fourth-order valence-corrected chi connectivity index (χ4v) is 3.33. The van der Waals surface area contributed by atoms with Crippen LogP contribution in [-0.2, 0) is 17.1 Å². The SMILES string of the molecule is CC[C@H](C)N(C)CCNS(=O)(=O)c1c(Cl)cnn1C. The third-order valence-electron chi connectivity index (χ3n) is 3.20. The van der Waals surface area contributed by atoms with Crippen molar-refractivity contribution in [3.05, 3.63) is 11.2 Å². The van der Waals surface area contributed by atoms with Crippen LogP contribution in [0.5, 0.6) is 0 Å². The highest BCUT2D eigenvalue weighted by Gasteiger charge is 2.22. The number of sulfonamides is 1. The lowest BCUT2D eigenvalue weighted by Crippen LogP contribution is -2.37. The van der Waals surface area contributed by atoms with E-state index in [0.717, 1.165) is 6.42 Å². The zero-order valence-electron chi connectivity index (χ0n) is 11.7. The van der Waals surface area contributed by atoms with Crippen LogP contribution in [0.3, 0.4) is 0 Å². The van der Waals surface area contributed by atoms with Crippen LogP contribution < -0.4 is 4.72 Å². The summed E-state index contributed by atoms with van der Waals surface area (Å²) in [6.07, 6.45) is 2.35. The Balaban J connectivity index is 2.63. The molecule has 0 spiro atoms. The van der Waals surface area contributed by atoms with Gasteiger partial charge in [-0.25, -0.2) is 13.1 Å². The molecule has 0 aliphatic rings. The van der Waals surface area contributed by atoms with Crippen LogP contribution in [0.25, 0.3) is 0 Å². The molecule has 1 atom stereocenters. The first-order valence-electron chi connectivity index (χ1n) is 6.17. The number of aryl methyl sites for hydroxylation is 1. The van der Waals surface area contributed by atoms with Crippen molar-refractivity contribution < 1.29 is 8.42 Å². The van der Waals surface area contributed by atoms with Crippen molar-refractivity contribution in [2.45, 2.75) is 31.3 Å². The molecule has 0 fully saturated rings. The topological polar surface area (TPSA) is 67.2 Å². The summed E-state index contributed by atoms with van der Waals surface area (Å²) in [6, 6.07) is 0.421. The van der Waals surface area contributed by atoms with E-state index in [1.54, 1.807) is 7.05 Å². The second-order valence-corrected chi connectivity index (χ2v) is 6.65. The quantitative estimate of drug-likeness (QED) is 0.818. The Morgan fingerprint density at radius 2 is 2.21 bits per heavy atom. The molecule has 6 nitrogen and oxygen atoms in total. The average molecular weight is 309 g/mol. The van der Waals surface area contributed by atoms with E-state index in [0.29, 0.717) is 19.1 Å². The van der Waals surface area contributed by atoms with E-state index in [4.69, 9.17) is 11.6 Å². The third kappa shape index (κ3) is 4.17. The highest BCUT2D eigenvalue weighted by molar-refractivity contribution is 7.89. The van der Waals surface area contributed by atoms with E-state index in [2.05, 4.69) is 28.6 Å². The van der Waals surface area contributed by atoms with Crippen molar-refractivity contribution in [3.63, 3.8) is 0 Å². The normalized spacial score (nSPS) is 14.0. The molecule has 19 heavy (non-hydrogen) atoms. The van der Waals surface area contributed by atoms with Gasteiger partial charge in [0.1, 0.15) is 0 Å². The number of rotatable bonds is 7. The minimum absolute atomic E-state index is 0.000333. The number of halogens is 1. The van der Waals surface area contributed by atoms with Gasteiger partial charge in [0.15, 0.2) is 5.03 Å². The average Bonchev–Trinajstić information content (AvgIpc) is 2.68. The molecule has 0 saturated heterocycles. The third-order valence-corrected chi connectivity index (χ3v) is 5.16. The van der Waals surface area contributed by atoms with Gasteiger partial charge in [-0.1, -0.05) is 18.5 Å². The van der Waals surface area contributed by atoms with E-state index in [1.165, 1.54) is 10.9 Å². The molecule has 0 aliphatic heterocycles. The molecule has 1 aromatic heterocycles. The van der Waals surface area contributed by atoms with Gasteiger partial charge in [-0.3, -0.25) is 4.68 Å². The number of hydrogen-bond donors (Lipinski definition) is 1. The molecule has 0 bridgehead atoms. The Labute approximate surface area is 119 Å². The Morgan fingerprint density at radius 3 is 2.68 bits per heavy atom. The first kappa shape index (κ1) is 16.4. The summed E-state index contributed by atoms with van der Waals surface area (Å²) in [5, 5.41) is 3.95. The second-order valence-electron chi connectivity index (χ2n) is 4.56. The second kappa shape index (κ2) is 6.69. The monoisotopic (exact) mass is 308 g/mol. The molecular formula is C11H21ClN4O2S. The summed E-state index contributed by atoms with van der Waals surface area (Å²) in [7, 11) is -0.0954. The van der Waals surface area contributed by atoms with Crippen LogP contribution in [0.1, 0.15) is 20.3 Å². The number of nitrogens with zero attached hydrogens (tertiary/aromatic N) is 3. The van der Waals surface area contributed by atoms with Gasteiger partial charge in [0.05, 0.1) is 11.2 Å². The summed E-state index contributed by atoms with van der Waals surface area (Å²) in [6.45, 7) is 5.18. The van der Waals surface area contributed by atoms with Crippen molar-refractivity contribution in [2.24, 2.45) is 7.05 Å². The van der Waals surface area contributed by atoms with Gasteiger partial charge in [-0.05, 0) is 20.4 Å². The Hall–Kier alpha value is -0.630. The molecule has 0 saturated carbocycles. The molecule has 0 aliphatic carbocycles. The zero-order valence-corrected chi connectivity index (χ0v) is 13.3. The predicted octanol–water partition coefficient (Wildman–Crippen LogP) is 1.08. The number of likely N-dealkylation sites (N-methyl/N-ethyl adjacent to an activating group) is 1. The largest absolute Gasteiger partial charge is 0.302 e. The summed E-state index contributed by atoms with van der Waals surface area (Å²) in [5.41, 5.74) is 0. The van der Waals surface area contributed by atoms with Gasteiger partial charge < -0.3 is 4.90 Å². The molecular weight excluding hydrogens is 288 g/mol. The maximum atomic E-state index is 12.1. The molecule has 0 unspecified atom stereocenters. The lowest BCUT2D eigenvalue weighted by Gasteiger charge is -2.23. The maximum absolute atomic E-state index is 12.1. The van der Waals surface area contributed by atoms with Gasteiger partial charge in [-0.15, -0.1) is 0 Å². The molecule has 1 heterocycles. The summed E-state index contributed by atoms with van der Waals surface area (Å²) < 4.78 is 28.0. The number of hydrogen-bond acceptors (Lipinski definition) is 4. The maximum Gasteiger partial charge on any atom is 0.259 e. The molecule has 0 amide bonds. The van der Waals surface area contributed by atoms with Gasteiger partial charge in [0.25, 0.3) is 10.0 Å². The smallest absolute Gasteiger partial charge is 0.259 e. The molecule has 110 valence electrons. The van der Waals surface area contributed by atoms with Gasteiger partial charge >= 0.3 is 0 Å². The molecule has 0 aromatic carbocycles. The van der Waals surface area contributed by atoms with E-state index >= 15 is 0 Å². The Kier molecular flexibility index (Phi) is 5.79. The Morgan fingerprint density at radius 1 is 1.58 bits per heavy atom. The lowest BCUT2D eigenvalue weighted by molar-refractivity contribution is 0.256. The fourth-order valence-electron chi connectivity index (χ4n) is 1.66. The zero-order chi connectivity index (χ0) is 14.6. The summed E-state index contributed by atoms with van der Waals surface area (Å²) in [4.78, 5) is 2.10. The van der Waals surface area contributed by atoms with Crippen LogP contribution in [0.15, 0.2) is 11.2 Å². The van der Waals surface area contributed by atoms with Crippen LogP contribution in [0.4, 0.5) is 0 Å². The Bertz CT molecular complexity index is 495.